The third-order valence-corrected chi connectivity index (χ3v) is 12.3. The fraction of sp³-hybridized carbons (Fsp3) is 0.340. The van der Waals surface area contributed by atoms with Gasteiger partial charge in [-0.1, -0.05) is 116 Å². The minimum absolute atomic E-state index is 0.824. The minimum atomic E-state index is 0.824. The molecule has 6 heterocycles. The van der Waals surface area contributed by atoms with Crippen LogP contribution in [0.3, 0.4) is 0 Å². The Bertz CT molecular complexity index is 2520. The quantitative estimate of drug-likeness (QED) is 0.147. The van der Waals surface area contributed by atoms with Crippen LogP contribution in [0.5, 0.6) is 0 Å². The summed E-state index contributed by atoms with van der Waals surface area (Å²) in [5, 5.41) is 2.59. The van der Waals surface area contributed by atoms with Gasteiger partial charge in [-0.05, 0) is 114 Å². The van der Waals surface area contributed by atoms with E-state index in [4.69, 9.17) is 4.99 Å². The van der Waals surface area contributed by atoms with Crippen molar-refractivity contribution in [1.82, 2.24) is 14.1 Å². The molecule has 8 rings (SSSR count). The highest BCUT2D eigenvalue weighted by Crippen LogP contribution is 2.41. The van der Waals surface area contributed by atoms with Gasteiger partial charge in [-0.15, -0.1) is 0 Å². The molecule has 4 heteroatoms. The van der Waals surface area contributed by atoms with E-state index in [2.05, 4.69) is 148 Å². The summed E-state index contributed by atoms with van der Waals surface area (Å²) in [6, 6.07) is 22.3. The molecule has 0 unspecified atom stereocenters. The van der Waals surface area contributed by atoms with Gasteiger partial charge >= 0.3 is 0 Å². The zero-order valence-corrected chi connectivity index (χ0v) is 33.7. The molecule has 54 heavy (non-hydrogen) atoms. The number of benzene rings is 2. The highest BCUT2D eigenvalue weighted by molar-refractivity contribution is 6.07. The van der Waals surface area contributed by atoms with Crippen LogP contribution in [0.2, 0.25) is 0 Å². The van der Waals surface area contributed by atoms with Crippen LogP contribution in [0.15, 0.2) is 82.5 Å². The second kappa shape index (κ2) is 14.6. The summed E-state index contributed by atoms with van der Waals surface area (Å²) in [6.45, 7) is 18.6. The number of allylic oxidation sites excluding steroid dienone is 2. The molecule has 6 bridgehead atoms. The summed E-state index contributed by atoms with van der Waals surface area (Å²) in [6.07, 6.45) is 16.1. The molecule has 4 nitrogen and oxygen atoms in total. The molecule has 3 aromatic heterocycles. The molecule has 0 amide bonds. The Labute approximate surface area is 322 Å². The number of nitrogens with zero attached hydrogens (tertiary/aromatic N) is 3. The van der Waals surface area contributed by atoms with Crippen LogP contribution in [0.25, 0.3) is 29.6 Å². The van der Waals surface area contributed by atoms with Crippen molar-refractivity contribution in [3.05, 3.63) is 155 Å². The maximum Gasteiger partial charge on any atom is 0.0781 e. The predicted molar refractivity (Wildman–Crippen MR) is 230 cm³/mol. The van der Waals surface area contributed by atoms with Gasteiger partial charge in [0, 0.05) is 28.9 Å². The maximum absolute atomic E-state index is 5.62. The van der Waals surface area contributed by atoms with Crippen LogP contribution in [0.4, 0.5) is 0 Å². The van der Waals surface area contributed by atoms with Crippen LogP contribution >= 0.6 is 0 Å². The molecule has 3 aliphatic rings. The first-order valence-electron chi connectivity index (χ1n) is 20.8. The molecule has 0 spiro atoms. The van der Waals surface area contributed by atoms with Gasteiger partial charge in [-0.25, -0.2) is 0 Å². The highest BCUT2D eigenvalue weighted by atomic mass is 15.1. The summed E-state index contributed by atoms with van der Waals surface area (Å²) >= 11 is 0. The summed E-state index contributed by atoms with van der Waals surface area (Å²) in [4.78, 5) is 9.68. The molecule has 1 N–H and O–H groups in total. The van der Waals surface area contributed by atoms with E-state index < -0.39 is 0 Å². The van der Waals surface area contributed by atoms with Gasteiger partial charge in [0.05, 0.1) is 44.9 Å². The highest BCUT2D eigenvalue weighted by Gasteiger charge is 2.32. The number of aliphatic imine (C=N–C) groups is 1. The molecule has 0 aliphatic carbocycles. The molecule has 0 fully saturated rings. The molecule has 0 atom stereocenters. The second-order valence-corrected chi connectivity index (χ2v) is 14.9. The Hall–Kier alpha value is -5.09. The number of aromatic amines is 1. The lowest BCUT2D eigenvalue weighted by Crippen LogP contribution is -2.29. The zero-order chi connectivity index (χ0) is 37.7. The maximum atomic E-state index is 5.62. The topological polar surface area (TPSA) is 38.0 Å². The molecule has 3 aliphatic heterocycles. The van der Waals surface area contributed by atoms with E-state index in [1.807, 2.05) is 0 Å². The average Bonchev–Trinajstić information content (AvgIpc) is 3.87. The summed E-state index contributed by atoms with van der Waals surface area (Å²) in [5.74, 6) is 0. The van der Waals surface area contributed by atoms with E-state index in [0.29, 0.717) is 0 Å². The first-order chi connectivity index (χ1) is 26.5. The van der Waals surface area contributed by atoms with Gasteiger partial charge in [0.2, 0.25) is 0 Å². The lowest BCUT2D eigenvalue weighted by molar-refractivity contribution is 0.985. The van der Waals surface area contributed by atoms with Gasteiger partial charge < -0.3 is 14.1 Å². The third kappa shape index (κ3) is 5.43. The number of rotatable bonds is 10. The van der Waals surface area contributed by atoms with Crippen molar-refractivity contribution in [3.8, 4) is 0 Å². The van der Waals surface area contributed by atoms with Crippen LogP contribution in [0, 0.1) is 0 Å². The predicted octanol–water partition coefficient (Wildman–Crippen LogP) is 10.4. The Balaban J connectivity index is 1.71. The van der Waals surface area contributed by atoms with Crippen molar-refractivity contribution in [2.75, 3.05) is 0 Å². The molecule has 0 radical (unpaired) electrons. The summed E-state index contributed by atoms with van der Waals surface area (Å²) in [7, 11) is 0. The Morgan fingerprint density at radius 3 is 1.52 bits per heavy atom. The number of hydrogen-bond acceptors (Lipinski definition) is 1. The van der Waals surface area contributed by atoms with E-state index in [1.54, 1.807) is 0 Å². The van der Waals surface area contributed by atoms with E-state index in [0.717, 1.165) is 63.5 Å². The van der Waals surface area contributed by atoms with E-state index in [9.17, 15) is 0 Å². The van der Waals surface area contributed by atoms with Crippen molar-refractivity contribution in [2.24, 2.45) is 4.99 Å². The number of fused-ring (bicyclic) bond motifs is 3. The van der Waals surface area contributed by atoms with Gasteiger partial charge in [-0.2, -0.15) is 0 Å². The van der Waals surface area contributed by atoms with Gasteiger partial charge in [-0.3, -0.25) is 4.99 Å². The molecule has 5 aromatic rings. The monoisotopic (exact) mass is 712 g/mol. The van der Waals surface area contributed by atoms with Crippen molar-refractivity contribution in [1.29, 1.82) is 0 Å². The molecular formula is C50H56N4. The first kappa shape index (κ1) is 35.9. The largest absolute Gasteiger partial charge is 0.358 e. The summed E-state index contributed by atoms with van der Waals surface area (Å²) < 4.78 is 5.28. The molecule has 2 aromatic carbocycles. The van der Waals surface area contributed by atoms with Gasteiger partial charge in [0.1, 0.15) is 0 Å². The van der Waals surface area contributed by atoms with Crippen LogP contribution in [-0.2, 0) is 44.9 Å². The molecule has 0 saturated heterocycles. The smallest absolute Gasteiger partial charge is 0.0781 e. The minimum Gasteiger partial charge on any atom is -0.358 e. The number of H-pyrrole nitrogens is 1. The summed E-state index contributed by atoms with van der Waals surface area (Å²) in [5.41, 5.74) is 23.8. The standard InChI is InChI=1S/C50H56N4/c1-9-33-35(11-3)43-28-45-37(13-5)39(15-7)47-30-48-40(16-8)38(14-6)46(29-44-36(12-4)34(10-2)42(52-44)27-41(33)51-43)54(48)50(32-25-21-18-22-26-32)49(53(45)47)31-23-19-17-20-24-31/h17-26,28-30,51H,9-16,27H2,1-8H3/b44-29-,45-28-. The Morgan fingerprint density at radius 1 is 0.500 bits per heavy atom. The zero-order valence-electron chi connectivity index (χ0n) is 33.7. The van der Waals surface area contributed by atoms with Crippen molar-refractivity contribution in [3.63, 3.8) is 0 Å². The van der Waals surface area contributed by atoms with Crippen molar-refractivity contribution in [2.45, 2.75) is 113 Å². The molecular weight excluding hydrogens is 657 g/mol. The number of nitrogens with one attached hydrogen (secondary N) is 1. The Morgan fingerprint density at radius 2 is 1.00 bits per heavy atom. The van der Waals surface area contributed by atoms with E-state index in [-0.39, 0.29) is 0 Å². The number of hydrogen-bond donors (Lipinski definition) is 1. The van der Waals surface area contributed by atoms with Gasteiger partial charge in [0.15, 0.2) is 0 Å². The van der Waals surface area contributed by atoms with Crippen LogP contribution < -0.4 is 10.7 Å². The fourth-order valence-electron chi connectivity index (χ4n) is 10.0. The second-order valence-electron chi connectivity index (χ2n) is 14.9. The van der Waals surface area contributed by atoms with Crippen LogP contribution in [0.1, 0.15) is 136 Å². The lowest BCUT2D eigenvalue weighted by atomic mass is 9.95. The first-order valence-corrected chi connectivity index (χ1v) is 20.8. The van der Waals surface area contributed by atoms with Gasteiger partial charge in [0.25, 0.3) is 0 Å². The lowest BCUT2D eigenvalue weighted by Gasteiger charge is -2.21. The third-order valence-electron chi connectivity index (χ3n) is 12.3. The van der Waals surface area contributed by atoms with Crippen molar-refractivity contribution >= 4 is 35.3 Å². The van der Waals surface area contributed by atoms with Crippen LogP contribution in [-0.4, -0.2) is 19.8 Å². The fourth-order valence-corrected chi connectivity index (χ4v) is 10.0. The average molecular weight is 713 g/mol. The molecule has 276 valence electrons. The van der Waals surface area contributed by atoms with E-state index >= 15 is 0 Å². The van der Waals surface area contributed by atoms with E-state index in [1.165, 1.54) is 106 Å². The molecule has 0 saturated carbocycles. The Kier molecular flexibility index (Phi) is 9.73. The SMILES string of the molecule is CCC1=C(CC)/C2=C/c3c(CC)c(CC)c4n3C(c3ccccc3)=C(c3ccccc3)n3c(c(CC)c(CC)/c3=C/c3[nH]c(c(CC)c3CC)CC1=N2)=C4. The van der Waals surface area contributed by atoms with Crippen molar-refractivity contribution < 1.29 is 0 Å². The number of aromatic nitrogens is 3. The normalized spacial score (nSPS) is 16.4.